The van der Waals surface area contributed by atoms with Gasteiger partial charge in [-0.15, -0.1) is 0 Å². The van der Waals surface area contributed by atoms with Crippen LogP contribution in [0.5, 0.6) is 0 Å². The van der Waals surface area contributed by atoms with E-state index in [1.165, 1.54) is 5.56 Å². The van der Waals surface area contributed by atoms with Crippen LogP contribution in [0.15, 0.2) is 67.1 Å². The molecule has 1 amide bonds. The fraction of sp³-hybridized carbons (Fsp3) is 0.261. The van der Waals surface area contributed by atoms with Crippen molar-refractivity contribution >= 4 is 5.91 Å². The molecule has 144 valence electrons. The van der Waals surface area contributed by atoms with E-state index in [1.807, 2.05) is 75.9 Å². The zero-order valence-electron chi connectivity index (χ0n) is 16.6. The minimum Gasteiger partial charge on any atom is -0.349 e. The van der Waals surface area contributed by atoms with E-state index in [0.717, 1.165) is 29.8 Å². The van der Waals surface area contributed by atoms with Crippen LogP contribution in [0.3, 0.4) is 0 Å². The average Bonchev–Trinajstić information content (AvgIpc) is 2.69. The van der Waals surface area contributed by atoms with Crippen molar-refractivity contribution in [2.75, 3.05) is 14.1 Å². The summed E-state index contributed by atoms with van der Waals surface area (Å²) in [5.41, 5.74) is 4.82. The highest BCUT2D eigenvalue weighted by Gasteiger charge is 2.11. The first kappa shape index (κ1) is 19.7. The number of aromatic nitrogens is 2. The molecule has 1 N–H and O–H groups in total. The summed E-state index contributed by atoms with van der Waals surface area (Å²) in [7, 11) is 4.07. The predicted octanol–water partition coefficient (Wildman–Crippen LogP) is 3.57. The maximum Gasteiger partial charge on any atom is 0.251 e. The van der Waals surface area contributed by atoms with Gasteiger partial charge in [0.1, 0.15) is 0 Å². The van der Waals surface area contributed by atoms with E-state index < -0.39 is 0 Å². The molecule has 0 spiro atoms. The maximum atomic E-state index is 12.5. The van der Waals surface area contributed by atoms with E-state index in [4.69, 9.17) is 0 Å². The Morgan fingerprint density at radius 3 is 2.43 bits per heavy atom. The lowest BCUT2D eigenvalue weighted by Gasteiger charge is -2.14. The molecule has 0 unspecified atom stereocenters. The molecule has 5 heteroatoms. The number of nitrogens with zero attached hydrogens (tertiary/aromatic N) is 3. The SMILES string of the molecule is C[C@H](Cc1cccnc1)NC(=O)c1ccc(-c2ccc(CN(C)C)cn2)cc1. The number of benzene rings is 1. The summed E-state index contributed by atoms with van der Waals surface area (Å²) in [4.78, 5) is 23.3. The van der Waals surface area contributed by atoms with Crippen molar-refractivity contribution in [2.45, 2.75) is 25.9 Å². The second-order valence-corrected chi connectivity index (χ2v) is 7.31. The van der Waals surface area contributed by atoms with Crippen molar-refractivity contribution in [1.82, 2.24) is 20.2 Å². The summed E-state index contributed by atoms with van der Waals surface area (Å²) in [5, 5.41) is 3.04. The highest BCUT2D eigenvalue weighted by atomic mass is 16.1. The predicted molar refractivity (Wildman–Crippen MR) is 112 cm³/mol. The third kappa shape index (κ3) is 5.47. The van der Waals surface area contributed by atoms with Crippen LogP contribution in [-0.2, 0) is 13.0 Å². The Morgan fingerprint density at radius 1 is 1.04 bits per heavy atom. The Morgan fingerprint density at radius 2 is 1.82 bits per heavy atom. The number of rotatable bonds is 7. The molecule has 3 rings (SSSR count). The van der Waals surface area contributed by atoms with Crippen LogP contribution in [-0.4, -0.2) is 40.9 Å². The van der Waals surface area contributed by atoms with Crippen molar-refractivity contribution < 1.29 is 4.79 Å². The van der Waals surface area contributed by atoms with Crippen molar-refractivity contribution in [1.29, 1.82) is 0 Å². The maximum absolute atomic E-state index is 12.5. The summed E-state index contributed by atoms with van der Waals surface area (Å²) in [6.07, 6.45) is 6.23. The Labute approximate surface area is 166 Å². The zero-order valence-corrected chi connectivity index (χ0v) is 16.6. The number of hydrogen-bond donors (Lipinski definition) is 1. The molecule has 2 aromatic heterocycles. The van der Waals surface area contributed by atoms with Crippen molar-refractivity contribution in [3.63, 3.8) is 0 Å². The van der Waals surface area contributed by atoms with Gasteiger partial charge in [0.2, 0.25) is 0 Å². The molecule has 2 heterocycles. The van der Waals surface area contributed by atoms with Gasteiger partial charge in [0.15, 0.2) is 0 Å². The average molecular weight is 374 g/mol. The molecule has 0 aliphatic rings. The van der Waals surface area contributed by atoms with Crippen LogP contribution < -0.4 is 5.32 Å². The molecule has 0 aliphatic heterocycles. The van der Waals surface area contributed by atoms with Crippen LogP contribution in [0, 0.1) is 0 Å². The zero-order chi connectivity index (χ0) is 19.9. The summed E-state index contributed by atoms with van der Waals surface area (Å²) in [6.45, 7) is 2.86. The molecule has 0 fully saturated rings. The van der Waals surface area contributed by atoms with Gasteiger partial charge >= 0.3 is 0 Å². The van der Waals surface area contributed by atoms with Crippen LogP contribution in [0.4, 0.5) is 0 Å². The highest BCUT2D eigenvalue weighted by Crippen LogP contribution is 2.18. The molecule has 3 aromatic rings. The number of carbonyl (C=O) groups is 1. The van der Waals surface area contributed by atoms with Gasteiger partial charge in [0, 0.05) is 42.3 Å². The summed E-state index contributed by atoms with van der Waals surface area (Å²) >= 11 is 0. The Kier molecular flexibility index (Phi) is 6.50. The number of pyridine rings is 2. The van der Waals surface area contributed by atoms with E-state index in [-0.39, 0.29) is 11.9 Å². The quantitative estimate of drug-likeness (QED) is 0.687. The number of amides is 1. The van der Waals surface area contributed by atoms with Crippen LogP contribution in [0.25, 0.3) is 11.3 Å². The summed E-state index contributed by atoms with van der Waals surface area (Å²) in [5.74, 6) is -0.0720. The van der Waals surface area contributed by atoms with Crippen LogP contribution in [0.1, 0.15) is 28.4 Å². The fourth-order valence-corrected chi connectivity index (χ4v) is 3.08. The Hall–Kier alpha value is -3.05. The molecule has 5 nitrogen and oxygen atoms in total. The van der Waals surface area contributed by atoms with Crippen molar-refractivity contribution in [2.24, 2.45) is 0 Å². The molecular formula is C23H26N4O. The van der Waals surface area contributed by atoms with Gasteiger partial charge in [0.05, 0.1) is 5.69 Å². The monoisotopic (exact) mass is 374 g/mol. The molecule has 1 atom stereocenters. The largest absolute Gasteiger partial charge is 0.349 e. The van der Waals surface area contributed by atoms with E-state index >= 15 is 0 Å². The van der Waals surface area contributed by atoms with Gasteiger partial charge in [-0.3, -0.25) is 14.8 Å². The smallest absolute Gasteiger partial charge is 0.251 e. The molecule has 0 saturated carbocycles. The molecular weight excluding hydrogens is 348 g/mol. The summed E-state index contributed by atoms with van der Waals surface area (Å²) in [6, 6.07) is 15.6. The van der Waals surface area contributed by atoms with Crippen molar-refractivity contribution in [3.05, 3.63) is 83.8 Å². The topological polar surface area (TPSA) is 58.1 Å². The lowest BCUT2D eigenvalue weighted by molar-refractivity contribution is 0.0940. The third-order valence-corrected chi connectivity index (χ3v) is 4.41. The van der Waals surface area contributed by atoms with E-state index in [2.05, 4.69) is 26.3 Å². The van der Waals surface area contributed by atoms with Gasteiger partial charge in [0.25, 0.3) is 5.91 Å². The molecule has 28 heavy (non-hydrogen) atoms. The molecule has 0 bridgehead atoms. The highest BCUT2D eigenvalue weighted by molar-refractivity contribution is 5.94. The Bertz CT molecular complexity index is 890. The molecule has 0 saturated heterocycles. The van der Waals surface area contributed by atoms with Gasteiger partial charge in [-0.05, 0) is 62.8 Å². The third-order valence-electron chi connectivity index (χ3n) is 4.41. The Balaban J connectivity index is 1.61. The lowest BCUT2D eigenvalue weighted by Crippen LogP contribution is -2.34. The number of nitrogens with one attached hydrogen (secondary N) is 1. The van der Waals surface area contributed by atoms with Gasteiger partial charge in [-0.2, -0.15) is 0 Å². The van der Waals surface area contributed by atoms with E-state index in [1.54, 1.807) is 6.20 Å². The second kappa shape index (κ2) is 9.24. The first-order valence-corrected chi connectivity index (χ1v) is 9.41. The molecule has 1 aromatic carbocycles. The van der Waals surface area contributed by atoms with Crippen molar-refractivity contribution in [3.8, 4) is 11.3 Å². The molecule has 0 aliphatic carbocycles. The standard InChI is InChI=1S/C23H26N4O/c1-17(13-18-5-4-12-24-14-18)26-23(28)21-9-7-20(8-10-21)22-11-6-19(15-25-22)16-27(2)3/h4-12,14-15,17H,13,16H2,1-3H3,(H,26,28)/t17-/m1/s1. The van der Waals surface area contributed by atoms with Gasteiger partial charge in [-0.1, -0.05) is 24.3 Å². The summed E-state index contributed by atoms with van der Waals surface area (Å²) < 4.78 is 0. The lowest BCUT2D eigenvalue weighted by atomic mass is 10.1. The van der Waals surface area contributed by atoms with E-state index in [0.29, 0.717) is 5.56 Å². The first-order chi connectivity index (χ1) is 13.5. The van der Waals surface area contributed by atoms with Gasteiger partial charge in [-0.25, -0.2) is 0 Å². The number of carbonyl (C=O) groups excluding carboxylic acids is 1. The van der Waals surface area contributed by atoms with E-state index in [9.17, 15) is 4.79 Å². The normalized spacial score (nSPS) is 12.0. The second-order valence-electron chi connectivity index (χ2n) is 7.31. The van der Waals surface area contributed by atoms with Crippen LogP contribution in [0.2, 0.25) is 0 Å². The number of hydrogen-bond acceptors (Lipinski definition) is 4. The minimum absolute atomic E-state index is 0.0299. The fourth-order valence-electron chi connectivity index (χ4n) is 3.08. The molecule has 0 radical (unpaired) electrons. The first-order valence-electron chi connectivity index (χ1n) is 9.41. The van der Waals surface area contributed by atoms with Gasteiger partial charge < -0.3 is 10.2 Å². The van der Waals surface area contributed by atoms with Crippen LogP contribution >= 0.6 is 0 Å². The minimum atomic E-state index is -0.0720.